The molecule has 6 heteroatoms. The van der Waals surface area contributed by atoms with Crippen LogP contribution in [0.4, 0.5) is 4.79 Å². The van der Waals surface area contributed by atoms with Crippen LogP contribution in [-0.4, -0.2) is 29.4 Å². The van der Waals surface area contributed by atoms with Crippen molar-refractivity contribution in [2.45, 2.75) is 65.3 Å². The number of carbonyl (C=O) groups excluding carboxylic acids is 2. The zero-order chi connectivity index (χ0) is 22.1. The van der Waals surface area contributed by atoms with E-state index in [1.807, 2.05) is 53.7 Å². The summed E-state index contributed by atoms with van der Waals surface area (Å²) in [5, 5.41) is 13.8. The Bertz CT molecular complexity index is 822. The van der Waals surface area contributed by atoms with E-state index in [1.54, 1.807) is 6.92 Å². The second-order valence-corrected chi connectivity index (χ2v) is 9.54. The van der Waals surface area contributed by atoms with Gasteiger partial charge in [0, 0.05) is 5.71 Å². The van der Waals surface area contributed by atoms with Crippen LogP contribution in [0.2, 0.25) is 0 Å². The van der Waals surface area contributed by atoms with Gasteiger partial charge in [0.1, 0.15) is 18.3 Å². The summed E-state index contributed by atoms with van der Waals surface area (Å²) in [5.41, 5.74) is 1.98. The number of phenolic OH excluding ortho intramolecular Hbond substituents is 1. The second kappa shape index (κ2) is 8.01. The number of benzene rings is 1. The molecule has 158 valence electrons. The first-order chi connectivity index (χ1) is 13.3. The Morgan fingerprint density at radius 1 is 1.21 bits per heavy atom. The number of amides is 2. The van der Waals surface area contributed by atoms with Crippen molar-refractivity contribution in [1.29, 1.82) is 0 Å². The largest absolute Gasteiger partial charge is 0.507 e. The molecule has 1 heterocycles. The molecule has 2 rings (SSSR count). The van der Waals surface area contributed by atoms with E-state index in [1.165, 1.54) is 6.08 Å². The molecule has 29 heavy (non-hydrogen) atoms. The summed E-state index contributed by atoms with van der Waals surface area (Å²) in [6.45, 7) is 17.4. The van der Waals surface area contributed by atoms with Crippen LogP contribution in [0.5, 0.6) is 5.75 Å². The molecule has 1 aromatic carbocycles. The molecule has 2 amide bonds. The second-order valence-electron chi connectivity index (χ2n) is 9.54. The highest BCUT2D eigenvalue weighted by molar-refractivity contribution is 6.08. The van der Waals surface area contributed by atoms with Crippen LogP contribution in [0, 0.1) is 5.92 Å². The SMILES string of the molecule is C=CCOC(=O)C1C(C)=NC(=O)NC1c1cc(C(C)(C)C)c(O)c(C(C)(C)C)c1. The lowest BCUT2D eigenvalue weighted by atomic mass is 9.76. The van der Waals surface area contributed by atoms with Gasteiger partial charge in [0.15, 0.2) is 0 Å². The Morgan fingerprint density at radius 2 is 1.72 bits per heavy atom. The van der Waals surface area contributed by atoms with Gasteiger partial charge in [0.2, 0.25) is 0 Å². The van der Waals surface area contributed by atoms with Gasteiger partial charge in [-0.3, -0.25) is 4.79 Å². The number of rotatable bonds is 4. The number of hydrogen-bond donors (Lipinski definition) is 2. The molecule has 2 atom stereocenters. The summed E-state index contributed by atoms with van der Waals surface area (Å²) in [6.07, 6.45) is 1.50. The molecule has 0 fully saturated rings. The zero-order valence-corrected chi connectivity index (χ0v) is 18.4. The van der Waals surface area contributed by atoms with E-state index < -0.39 is 24.0 Å². The first-order valence-electron chi connectivity index (χ1n) is 9.78. The number of nitrogens with zero attached hydrogens (tertiary/aromatic N) is 1. The minimum absolute atomic E-state index is 0.0827. The number of urea groups is 1. The lowest BCUT2D eigenvalue weighted by molar-refractivity contribution is -0.145. The van der Waals surface area contributed by atoms with Crippen molar-refractivity contribution in [3.8, 4) is 5.75 Å². The number of esters is 1. The molecule has 2 N–H and O–H groups in total. The molecule has 0 radical (unpaired) electrons. The number of carbonyl (C=O) groups is 2. The average Bonchev–Trinajstić information content (AvgIpc) is 2.57. The van der Waals surface area contributed by atoms with Gasteiger partial charge in [0.25, 0.3) is 0 Å². The summed E-state index contributed by atoms with van der Waals surface area (Å²) in [4.78, 5) is 28.8. The predicted octanol–water partition coefficient (Wildman–Crippen LogP) is 4.56. The summed E-state index contributed by atoms with van der Waals surface area (Å²) in [7, 11) is 0. The fraction of sp³-hybridized carbons (Fsp3) is 0.522. The Hall–Kier alpha value is -2.63. The summed E-state index contributed by atoms with van der Waals surface area (Å²) < 4.78 is 5.27. The van der Waals surface area contributed by atoms with Gasteiger partial charge in [-0.05, 0) is 46.6 Å². The predicted molar refractivity (Wildman–Crippen MR) is 115 cm³/mol. The fourth-order valence-corrected chi connectivity index (χ4v) is 3.51. The molecule has 0 aromatic heterocycles. The van der Waals surface area contributed by atoms with Crippen molar-refractivity contribution in [3.05, 3.63) is 41.5 Å². The highest BCUT2D eigenvalue weighted by atomic mass is 16.5. The van der Waals surface area contributed by atoms with Crippen LogP contribution < -0.4 is 5.32 Å². The van der Waals surface area contributed by atoms with E-state index in [4.69, 9.17) is 4.74 Å². The van der Waals surface area contributed by atoms with Crippen molar-refractivity contribution < 1.29 is 19.4 Å². The maximum absolute atomic E-state index is 12.7. The first-order valence-corrected chi connectivity index (χ1v) is 9.78. The smallest absolute Gasteiger partial charge is 0.341 e. The monoisotopic (exact) mass is 400 g/mol. The van der Waals surface area contributed by atoms with Crippen molar-refractivity contribution >= 4 is 17.7 Å². The summed E-state index contributed by atoms with van der Waals surface area (Å²) >= 11 is 0. The molecule has 2 unspecified atom stereocenters. The number of nitrogens with one attached hydrogen (secondary N) is 1. The lowest BCUT2D eigenvalue weighted by Gasteiger charge is -2.33. The first kappa shape index (κ1) is 22.7. The summed E-state index contributed by atoms with van der Waals surface area (Å²) in [6, 6.07) is 2.59. The molecule has 0 aliphatic carbocycles. The zero-order valence-electron chi connectivity index (χ0n) is 18.4. The Kier molecular flexibility index (Phi) is 6.26. The lowest BCUT2D eigenvalue weighted by Crippen LogP contribution is -2.44. The highest BCUT2D eigenvalue weighted by Crippen LogP contribution is 2.42. The molecule has 1 aliphatic heterocycles. The van der Waals surface area contributed by atoms with Crippen LogP contribution in [0.1, 0.15) is 71.2 Å². The van der Waals surface area contributed by atoms with Crippen LogP contribution in [-0.2, 0) is 20.4 Å². The number of aromatic hydroxyl groups is 1. The van der Waals surface area contributed by atoms with Gasteiger partial charge in [-0.1, -0.05) is 54.2 Å². The molecule has 6 nitrogen and oxygen atoms in total. The van der Waals surface area contributed by atoms with Gasteiger partial charge >= 0.3 is 12.0 Å². The van der Waals surface area contributed by atoms with E-state index in [2.05, 4.69) is 16.9 Å². The fourth-order valence-electron chi connectivity index (χ4n) is 3.51. The van der Waals surface area contributed by atoms with Gasteiger partial charge in [0.05, 0.1) is 6.04 Å². The molecule has 0 bridgehead atoms. The normalized spacial score (nSPS) is 20.0. The molecular weight excluding hydrogens is 368 g/mol. The van der Waals surface area contributed by atoms with Crippen molar-refractivity contribution in [1.82, 2.24) is 5.32 Å². The summed E-state index contributed by atoms with van der Waals surface area (Å²) in [5.74, 6) is -0.983. The van der Waals surface area contributed by atoms with E-state index in [0.717, 1.165) is 16.7 Å². The molecule has 1 aliphatic rings. The third-order valence-corrected chi connectivity index (χ3v) is 5.05. The quantitative estimate of drug-likeness (QED) is 0.573. The van der Waals surface area contributed by atoms with Gasteiger partial charge in [-0.15, -0.1) is 0 Å². The molecule has 0 spiro atoms. The van der Waals surface area contributed by atoms with Crippen LogP contribution in [0.3, 0.4) is 0 Å². The third kappa shape index (κ3) is 4.86. The van der Waals surface area contributed by atoms with Crippen molar-refractivity contribution in [2.75, 3.05) is 6.61 Å². The maximum Gasteiger partial charge on any atom is 0.341 e. The Balaban J connectivity index is 2.69. The van der Waals surface area contributed by atoms with Crippen LogP contribution >= 0.6 is 0 Å². The topological polar surface area (TPSA) is 88.0 Å². The Morgan fingerprint density at radius 3 is 2.17 bits per heavy atom. The van der Waals surface area contributed by atoms with E-state index >= 15 is 0 Å². The molecule has 0 saturated carbocycles. The number of phenols is 1. The highest BCUT2D eigenvalue weighted by Gasteiger charge is 2.39. The molecule has 0 saturated heterocycles. The van der Waals surface area contributed by atoms with E-state index in [9.17, 15) is 14.7 Å². The minimum Gasteiger partial charge on any atom is -0.507 e. The standard InChI is InChI=1S/C23H32N2O4/c1-9-10-29-20(27)17-13(2)24-21(28)25-18(17)14-11-15(22(3,4)5)19(26)16(12-14)23(6,7)8/h9,11-12,17-18,26H,1,10H2,2-8H3,(H,25,28). The van der Waals surface area contributed by atoms with E-state index in [0.29, 0.717) is 5.71 Å². The van der Waals surface area contributed by atoms with Gasteiger partial charge in [-0.2, -0.15) is 0 Å². The van der Waals surface area contributed by atoms with E-state index in [-0.39, 0.29) is 23.2 Å². The third-order valence-electron chi connectivity index (χ3n) is 5.05. The molecular formula is C23H32N2O4. The minimum atomic E-state index is -0.752. The maximum atomic E-state index is 12.7. The number of hydrogen-bond acceptors (Lipinski definition) is 4. The van der Waals surface area contributed by atoms with Gasteiger partial charge < -0.3 is 15.2 Å². The molecule has 1 aromatic rings. The average molecular weight is 401 g/mol. The van der Waals surface area contributed by atoms with Crippen molar-refractivity contribution in [2.24, 2.45) is 10.9 Å². The van der Waals surface area contributed by atoms with Crippen LogP contribution in [0.25, 0.3) is 0 Å². The van der Waals surface area contributed by atoms with Crippen LogP contribution in [0.15, 0.2) is 29.8 Å². The number of ether oxygens (including phenoxy) is 1. The number of aliphatic imine (C=N–C) groups is 1. The van der Waals surface area contributed by atoms with Gasteiger partial charge in [-0.25, -0.2) is 9.79 Å². The Labute approximate surface area is 173 Å². The van der Waals surface area contributed by atoms with Crippen molar-refractivity contribution in [3.63, 3.8) is 0 Å².